The molecule has 1 heterocycles. The van der Waals surface area contributed by atoms with Crippen molar-refractivity contribution in [2.24, 2.45) is 0 Å². The SMILES string of the molecule is Cc1ccc(CO)cc1NC(=O)CCc1nc2ccccc2s1. The summed E-state index contributed by atoms with van der Waals surface area (Å²) in [4.78, 5) is 16.7. The Balaban J connectivity index is 1.63. The van der Waals surface area contributed by atoms with Crippen LogP contribution >= 0.6 is 11.3 Å². The van der Waals surface area contributed by atoms with E-state index in [1.54, 1.807) is 11.3 Å². The molecule has 3 rings (SSSR count). The van der Waals surface area contributed by atoms with Gasteiger partial charge >= 0.3 is 0 Å². The molecule has 0 bridgehead atoms. The zero-order valence-electron chi connectivity index (χ0n) is 12.9. The molecule has 1 aromatic heterocycles. The summed E-state index contributed by atoms with van der Waals surface area (Å²) in [5, 5.41) is 13.1. The Labute approximate surface area is 138 Å². The number of anilines is 1. The van der Waals surface area contributed by atoms with Crippen LogP contribution in [0.25, 0.3) is 10.2 Å². The van der Waals surface area contributed by atoms with Crippen LogP contribution < -0.4 is 5.32 Å². The van der Waals surface area contributed by atoms with Gasteiger partial charge in [-0.2, -0.15) is 0 Å². The van der Waals surface area contributed by atoms with Crippen LogP contribution in [0, 0.1) is 6.92 Å². The third kappa shape index (κ3) is 3.75. The molecule has 5 heteroatoms. The second-order valence-corrected chi connectivity index (χ2v) is 6.55. The Bertz CT molecular complexity index is 809. The van der Waals surface area contributed by atoms with Gasteiger partial charge in [-0.25, -0.2) is 4.98 Å². The van der Waals surface area contributed by atoms with Crippen LogP contribution in [0.15, 0.2) is 42.5 Å². The number of aliphatic hydroxyl groups is 1. The minimum Gasteiger partial charge on any atom is -0.392 e. The molecule has 0 saturated carbocycles. The number of aliphatic hydroxyl groups excluding tert-OH is 1. The van der Waals surface area contributed by atoms with Crippen LogP contribution in [0.2, 0.25) is 0 Å². The monoisotopic (exact) mass is 326 g/mol. The molecule has 2 aromatic carbocycles. The maximum Gasteiger partial charge on any atom is 0.224 e. The van der Waals surface area contributed by atoms with Crippen molar-refractivity contribution in [2.75, 3.05) is 5.32 Å². The molecule has 0 aliphatic rings. The number of aromatic nitrogens is 1. The summed E-state index contributed by atoms with van der Waals surface area (Å²) in [6.07, 6.45) is 1.02. The molecular formula is C18H18N2O2S. The van der Waals surface area contributed by atoms with Gasteiger partial charge in [0.05, 0.1) is 21.8 Å². The summed E-state index contributed by atoms with van der Waals surface area (Å²) < 4.78 is 1.15. The number of rotatable bonds is 5. The van der Waals surface area contributed by atoms with Crippen molar-refractivity contribution in [1.29, 1.82) is 0 Å². The molecule has 23 heavy (non-hydrogen) atoms. The molecule has 0 aliphatic heterocycles. The van der Waals surface area contributed by atoms with Gasteiger partial charge in [0.15, 0.2) is 0 Å². The van der Waals surface area contributed by atoms with E-state index >= 15 is 0 Å². The molecule has 0 atom stereocenters. The molecule has 3 aromatic rings. The molecule has 0 unspecified atom stereocenters. The van der Waals surface area contributed by atoms with Crippen LogP contribution in [-0.2, 0) is 17.8 Å². The van der Waals surface area contributed by atoms with Crippen molar-refractivity contribution in [3.8, 4) is 0 Å². The zero-order chi connectivity index (χ0) is 16.2. The third-order valence-electron chi connectivity index (χ3n) is 3.66. The van der Waals surface area contributed by atoms with Crippen molar-refractivity contribution < 1.29 is 9.90 Å². The van der Waals surface area contributed by atoms with E-state index in [0.29, 0.717) is 12.8 Å². The average molecular weight is 326 g/mol. The highest BCUT2D eigenvalue weighted by molar-refractivity contribution is 7.18. The summed E-state index contributed by atoms with van der Waals surface area (Å²) >= 11 is 1.63. The summed E-state index contributed by atoms with van der Waals surface area (Å²) in [7, 11) is 0. The summed E-state index contributed by atoms with van der Waals surface area (Å²) in [6, 6.07) is 13.6. The minimum atomic E-state index is -0.0394. The van der Waals surface area contributed by atoms with Crippen LogP contribution in [0.5, 0.6) is 0 Å². The van der Waals surface area contributed by atoms with Crippen molar-refractivity contribution in [1.82, 2.24) is 4.98 Å². The number of thiazole rings is 1. The van der Waals surface area contributed by atoms with Gasteiger partial charge < -0.3 is 10.4 Å². The van der Waals surface area contributed by atoms with E-state index in [-0.39, 0.29) is 12.5 Å². The van der Waals surface area contributed by atoms with E-state index in [1.807, 2.05) is 49.4 Å². The first-order valence-electron chi connectivity index (χ1n) is 7.50. The summed E-state index contributed by atoms with van der Waals surface area (Å²) in [5.41, 5.74) is 3.51. The first kappa shape index (κ1) is 15.6. The smallest absolute Gasteiger partial charge is 0.224 e. The van der Waals surface area contributed by atoms with E-state index in [1.165, 1.54) is 0 Å². The normalized spacial score (nSPS) is 10.9. The van der Waals surface area contributed by atoms with Crippen LogP contribution in [0.3, 0.4) is 0 Å². The van der Waals surface area contributed by atoms with Gasteiger partial charge in [0.25, 0.3) is 0 Å². The highest BCUT2D eigenvalue weighted by atomic mass is 32.1. The largest absolute Gasteiger partial charge is 0.392 e. The molecule has 0 saturated heterocycles. The maximum atomic E-state index is 12.2. The summed E-state index contributed by atoms with van der Waals surface area (Å²) in [5.74, 6) is -0.0394. The molecule has 2 N–H and O–H groups in total. The Morgan fingerprint density at radius 1 is 1.26 bits per heavy atom. The molecule has 0 radical (unpaired) electrons. The summed E-state index contributed by atoms with van der Waals surface area (Å²) in [6.45, 7) is 1.90. The van der Waals surface area contributed by atoms with Gasteiger partial charge in [-0.3, -0.25) is 4.79 Å². The van der Waals surface area contributed by atoms with Crippen molar-refractivity contribution in [3.05, 3.63) is 58.6 Å². The Hall–Kier alpha value is -2.24. The number of hydrogen-bond donors (Lipinski definition) is 2. The number of para-hydroxylation sites is 1. The highest BCUT2D eigenvalue weighted by Gasteiger charge is 2.09. The second-order valence-electron chi connectivity index (χ2n) is 5.43. The van der Waals surface area contributed by atoms with Crippen molar-refractivity contribution in [3.63, 3.8) is 0 Å². The second kappa shape index (κ2) is 6.89. The van der Waals surface area contributed by atoms with E-state index < -0.39 is 0 Å². The van der Waals surface area contributed by atoms with E-state index in [0.717, 1.165) is 32.0 Å². The average Bonchev–Trinajstić information content (AvgIpc) is 2.98. The number of fused-ring (bicyclic) bond motifs is 1. The molecule has 0 aliphatic carbocycles. The number of hydrogen-bond acceptors (Lipinski definition) is 4. The predicted molar refractivity (Wildman–Crippen MR) is 93.7 cm³/mol. The fourth-order valence-corrected chi connectivity index (χ4v) is 3.33. The Kier molecular flexibility index (Phi) is 4.69. The van der Waals surface area contributed by atoms with E-state index in [9.17, 15) is 9.90 Å². The molecule has 118 valence electrons. The highest BCUT2D eigenvalue weighted by Crippen LogP contribution is 2.23. The number of carbonyl (C=O) groups excluding carboxylic acids is 1. The first-order chi connectivity index (χ1) is 11.2. The molecule has 0 spiro atoms. The van der Waals surface area contributed by atoms with E-state index in [4.69, 9.17) is 0 Å². The minimum absolute atomic E-state index is 0.0329. The molecule has 0 fully saturated rings. The molecule has 4 nitrogen and oxygen atoms in total. The fourth-order valence-electron chi connectivity index (χ4n) is 2.36. The fraction of sp³-hybridized carbons (Fsp3) is 0.222. The quantitative estimate of drug-likeness (QED) is 0.752. The molecule has 1 amide bonds. The van der Waals surface area contributed by atoms with Crippen LogP contribution in [0.4, 0.5) is 5.69 Å². The third-order valence-corrected chi connectivity index (χ3v) is 4.76. The van der Waals surface area contributed by atoms with Gasteiger partial charge in [0.1, 0.15) is 0 Å². The lowest BCUT2D eigenvalue weighted by molar-refractivity contribution is -0.116. The van der Waals surface area contributed by atoms with Gasteiger partial charge in [0.2, 0.25) is 5.91 Å². The number of aryl methyl sites for hydroxylation is 2. The Morgan fingerprint density at radius 3 is 2.87 bits per heavy atom. The maximum absolute atomic E-state index is 12.2. The van der Waals surface area contributed by atoms with Gasteiger partial charge in [-0.15, -0.1) is 11.3 Å². The van der Waals surface area contributed by atoms with Crippen LogP contribution in [0.1, 0.15) is 22.6 Å². The molecular weight excluding hydrogens is 308 g/mol. The number of carbonyl (C=O) groups is 1. The first-order valence-corrected chi connectivity index (χ1v) is 8.32. The van der Waals surface area contributed by atoms with Crippen molar-refractivity contribution >= 4 is 33.1 Å². The topological polar surface area (TPSA) is 62.2 Å². The number of nitrogens with zero attached hydrogens (tertiary/aromatic N) is 1. The van der Waals surface area contributed by atoms with Gasteiger partial charge in [-0.05, 0) is 36.2 Å². The lowest BCUT2D eigenvalue weighted by Gasteiger charge is -2.09. The predicted octanol–water partition coefficient (Wildman–Crippen LogP) is 3.67. The van der Waals surface area contributed by atoms with E-state index in [2.05, 4.69) is 10.3 Å². The number of amides is 1. The lowest BCUT2D eigenvalue weighted by atomic mass is 10.1. The lowest BCUT2D eigenvalue weighted by Crippen LogP contribution is -2.13. The van der Waals surface area contributed by atoms with Crippen LogP contribution in [-0.4, -0.2) is 16.0 Å². The number of nitrogens with one attached hydrogen (secondary N) is 1. The van der Waals surface area contributed by atoms with Gasteiger partial charge in [0, 0.05) is 18.5 Å². The standard InChI is InChI=1S/C18H18N2O2S/c1-12-6-7-13(11-21)10-15(12)19-17(22)8-9-18-20-14-4-2-3-5-16(14)23-18/h2-7,10,21H,8-9,11H2,1H3,(H,19,22). The zero-order valence-corrected chi connectivity index (χ0v) is 13.7. The van der Waals surface area contributed by atoms with Gasteiger partial charge in [-0.1, -0.05) is 24.3 Å². The number of benzene rings is 2. The van der Waals surface area contributed by atoms with Crippen molar-refractivity contribution in [2.45, 2.75) is 26.4 Å². The Morgan fingerprint density at radius 2 is 2.09 bits per heavy atom.